The molecule has 1 N–H and O–H groups in total. The van der Waals surface area contributed by atoms with E-state index in [0.717, 1.165) is 10.0 Å². The Balaban J connectivity index is 2.11. The van der Waals surface area contributed by atoms with Crippen LogP contribution >= 0.6 is 27.5 Å². The van der Waals surface area contributed by atoms with E-state index in [0.29, 0.717) is 23.1 Å². The van der Waals surface area contributed by atoms with Crippen LogP contribution in [0, 0.1) is 10.1 Å². The minimum absolute atomic E-state index is 0.129. The predicted octanol–water partition coefficient (Wildman–Crippen LogP) is 5.17. The van der Waals surface area contributed by atoms with Crippen molar-refractivity contribution in [1.29, 1.82) is 0 Å². The first kappa shape index (κ1) is 15.7. The van der Waals surface area contributed by atoms with Crippen LogP contribution in [0.25, 0.3) is 10.9 Å². The van der Waals surface area contributed by atoms with E-state index in [9.17, 15) is 10.1 Å². The fourth-order valence-corrected chi connectivity index (χ4v) is 2.93. The molecule has 0 fully saturated rings. The van der Waals surface area contributed by atoms with E-state index in [-0.39, 0.29) is 10.8 Å². The van der Waals surface area contributed by atoms with E-state index in [1.54, 1.807) is 12.1 Å². The normalized spacial score (nSPS) is 10.7. The Hall–Kier alpha value is -2.18. The molecule has 5 nitrogen and oxygen atoms in total. The first-order valence-electron chi connectivity index (χ1n) is 6.77. The smallest absolute Gasteiger partial charge is 0.329 e. The number of aromatic nitrogens is 1. The SMILES string of the molecule is O=[N+]([O-])c1c(Cl)nc2cc(Br)ccc2c1NCc1ccccc1. The van der Waals surface area contributed by atoms with Gasteiger partial charge in [-0.15, -0.1) is 0 Å². The summed E-state index contributed by atoms with van der Waals surface area (Å²) in [7, 11) is 0. The summed E-state index contributed by atoms with van der Waals surface area (Å²) in [6, 6.07) is 15.0. The number of benzene rings is 2. The molecule has 3 aromatic rings. The van der Waals surface area contributed by atoms with Crippen LogP contribution in [0.2, 0.25) is 5.15 Å². The number of anilines is 1. The highest BCUT2D eigenvalue weighted by Gasteiger charge is 2.23. The van der Waals surface area contributed by atoms with E-state index in [1.807, 2.05) is 36.4 Å². The van der Waals surface area contributed by atoms with Crippen molar-refractivity contribution in [3.63, 3.8) is 0 Å². The molecule has 7 heteroatoms. The van der Waals surface area contributed by atoms with Crippen LogP contribution in [0.4, 0.5) is 11.4 Å². The standard InChI is InChI=1S/C16H11BrClN3O2/c17-11-6-7-12-13(8-11)20-16(18)15(21(22)23)14(12)19-9-10-4-2-1-3-5-10/h1-8H,9H2,(H,19,20). The van der Waals surface area contributed by atoms with Crippen LogP contribution in [-0.4, -0.2) is 9.91 Å². The van der Waals surface area contributed by atoms with Crippen molar-refractivity contribution in [3.8, 4) is 0 Å². The van der Waals surface area contributed by atoms with E-state index in [2.05, 4.69) is 26.2 Å². The summed E-state index contributed by atoms with van der Waals surface area (Å²) in [4.78, 5) is 15.0. The molecule has 0 aliphatic heterocycles. The lowest BCUT2D eigenvalue weighted by Gasteiger charge is -2.11. The summed E-state index contributed by atoms with van der Waals surface area (Å²) < 4.78 is 0.830. The number of nitro groups is 1. The minimum atomic E-state index is -0.510. The lowest BCUT2D eigenvalue weighted by Crippen LogP contribution is -2.05. The fourth-order valence-electron chi connectivity index (χ4n) is 2.33. The van der Waals surface area contributed by atoms with Crippen molar-refractivity contribution in [2.45, 2.75) is 6.54 Å². The molecule has 3 rings (SSSR count). The van der Waals surface area contributed by atoms with Crippen LogP contribution in [0.15, 0.2) is 53.0 Å². The van der Waals surface area contributed by atoms with E-state index in [1.165, 1.54) is 0 Å². The van der Waals surface area contributed by atoms with Gasteiger partial charge < -0.3 is 5.32 Å². The second kappa shape index (κ2) is 6.52. The number of hydrogen-bond acceptors (Lipinski definition) is 4. The number of rotatable bonds is 4. The molecule has 23 heavy (non-hydrogen) atoms. The molecule has 0 atom stereocenters. The van der Waals surface area contributed by atoms with Crippen LogP contribution in [0.3, 0.4) is 0 Å². The van der Waals surface area contributed by atoms with Gasteiger partial charge in [-0.25, -0.2) is 4.98 Å². The maximum Gasteiger partial charge on any atom is 0.329 e. The predicted molar refractivity (Wildman–Crippen MR) is 94.9 cm³/mol. The molecule has 0 saturated heterocycles. The highest BCUT2D eigenvalue weighted by atomic mass is 79.9. The highest BCUT2D eigenvalue weighted by molar-refractivity contribution is 9.10. The number of hydrogen-bond donors (Lipinski definition) is 1. The largest absolute Gasteiger partial charge is 0.375 e. The Kier molecular flexibility index (Phi) is 4.45. The Morgan fingerprint density at radius 3 is 2.65 bits per heavy atom. The fraction of sp³-hybridized carbons (Fsp3) is 0.0625. The van der Waals surface area contributed by atoms with E-state index < -0.39 is 4.92 Å². The molecule has 0 aliphatic rings. The van der Waals surface area contributed by atoms with Crippen molar-refractivity contribution in [1.82, 2.24) is 4.98 Å². The van der Waals surface area contributed by atoms with Crippen molar-refractivity contribution < 1.29 is 4.92 Å². The maximum absolute atomic E-state index is 11.4. The van der Waals surface area contributed by atoms with Gasteiger partial charge in [-0.1, -0.05) is 57.9 Å². The van der Waals surface area contributed by atoms with Crippen molar-refractivity contribution in [2.24, 2.45) is 0 Å². The first-order chi connectivity index (χ1) is 11.1. The van der Waals surface area contributed by atoms with Gasteiger partial charge in [0.1, 0.15) is 5.69 Å². The van der Waals surface area contributed by atoms with Crippen LogP contribution in [-0.2, 0) is 6.54 Å². The number of pyridine rings is 1. The zero-order chi connectivity index (χ0) is 16.4. The summed E-state index contributed by atoms with van der Waals surface area (Å²) in [6.45, 7) is 0.452. The molecule has 1 aromatic heterocycles. The van der Waals surface area contributed by atoms with Crippen molar-refractivity contribution >= 4 is 49.8 Å². The topological polar surface area (TPSA) is 68.1 Å². The molecular formula is C16H11BrClN3O2. The second-order valence-electron chi connectivity index (χ2n) is 4.88. The van der Waals surface area contributed by atoms with Gasteiger partial charge >= 0.3 is 5.69 Å². The lowest BCUT2D eigenvalue weighted by molar-refractivity contribution is -0.384. The number of halogens is 2. The Labute approximate surface area is 145 Å². The zero-order valence-corrected chi connectivity index (χ0v) is 14.1. The molecule has 2 aromatic carbocycles. The third kappa shape index (κ3) is 3.28. The number of nitrogens with one attached hydrogen (secondary N) is 1. The Morgan fingerprint density at radius 2 is 1.96 bits per heavy atom. The summed E-state index contributed by atoms with van der Waals surface area (Å²) in [5.41, 5.74) is 1.77. The third-order valence-corrected chi connectivity index (χ3v) is 4.13. The van der Waals surface area contributed by atoms with Crippen LogP contribution in [0.5, 0.6) is 0 Å². The van der Waals surface area contributed by atoms with Gasteiger partial charge in [0.2, 0.25) is 5.15 Å². The Morgan fingerprint density at radius 1 is 1.22 bits per heavy atom. The minimum Gasteiger partial charge on any atom is -0.375 e. The zero-order valence-electron chi connectivity index (χ0n) is 11.8. The molecule has 0 unspecified atom stereocenters. The molecule has 0 radical (unpaired) electrons. The molecule has 1 heterocycles. The van der Waals surface area contributed by atoms with Crippen molar-refractivity contribution in [3.05, 3.63) is 73.8 Å². The van der Waals surface area contributed by atoms with Crippen LogP contribution < -0.4 is 5.32 Å². The summed E-state index contributed by atoms with van der Waals surface area (Å²) in [6.07, 6.45) is 0. The average molecular weight is 393 g/mol. The maximum atomic E-state index is 11.4. The number of nitrogens with zero attached hydrogens (tertiary/aromatic N) is 2. The van der Waals surface area contributed by atoms with Gasteiger partial charge in [0.15, 0.2) is 0 Å². The summed E-state index contributed by atoms with van der Waals surface area (Å²) >= 11 is 9.40. The third-order valence-electron chi connectivity index (χ3n) is 3.37. The number of fused-ring (bicyclic) bond motifs is 1. The van der Waals surface area contributed by atoms with Gasteiger partial charge in [0, 0.05) is 16.4 Å². The molecule has 0 spiro atoms. The average Bonchev–Trinajstić information content (AvgIpc) is 2.52. The van der Waals surface area contributed by atoms with E-state index >= 15 is 0 Å². The van der Waals surface area contributed by atoms with Gasteiger partial charge in [-0.05, 0) is 23.8 Å². The Bertz CT molecular complexity index is 887. The lowest BCUT2D eigenvalue weighted by atomic mass is 10.1. The summed E-state index contributed by atoms with van der Waals surface area (Å²) in [5, 5.41) is 15.1. The first-order valence-corrected chi connectivity index (χ1v) is 7.94. The van der Waals surface area contributed by atoms with E-state index in [4.69, 9.17) is 11.6 Å². The molecule has 0 amide bonds. The highest BCUT2D eigenvalue weighted by Crippen LogP contribution is 2.38. The molecule has 0 bridgehead atoms. The molecule has 0 saturated carbocycles. The van der Waals surface area contributed by atoms with Gasteiger partial charge in [-0.2, -0.15) is 0 Å². The molecule has 116 valence electrons. The second-order valence-corrected chi connectivity index (χ2v) is 6.16. The molecular weight excluding hydrogens is 382 g/mol. The van der Waals surface area contributed by atoms with Gasteiger partial charge in [0.25, 0.3) is 0 Å². The van der Waals surface area contributed by atoms with Crippen LogP contribution in [0.1, 0.15) is 5.56 Å². The molecule has 0 aliphatic carbocycles. The monoisotopic (exact) mass is 391 g/mol. The summed E-state index contributed by atoms with van der Waals surface area (Å²) in [5.74, 6) is 0. The van der Waals surface area contributed by atoms with Gasteiger partial charge in [0.05, 0.1) is 10.4 Å². The van der Waals surface area contributed by atoms with Gasteiger partial charge in [-0.3, -0.25) is 10.1 Å². The van der Waals surface area contributed by atoms with Crippen molar-refractivity contribution in [2.75, 3.05) is 5.32 Å². The quantitative estimate of drug-likeness (QED) is 0.378.